The third-order valence-electron chi connectivity index (χ3n) is 3.80. The molecule has 2 rings (SSSR count). The molecule has 0 radical (unpaired) electrons. The number of carbonyl (C=O) groups is 1. The van der Waals surface area contributed by atoms with Crippen LogP contribution >= 0.6 is 0 Å². The highest BCUT2D eigenvalue weighted by molar-refractivity contribution is 7.92. The van der Waals surface area contributed by atoms with Crippen LogP contribution in [0, 0.1) is 0 Å². The van der Waals surface area contributed by atoms with Gasteiger partial charge >= 0.3 is 6.01 Å². The van der Waals surface area contributed by atoms with Gasteiger partial charge in [0.1, 0.15) is 5.69 Å². The first-order valence-electron chi connectivity index (χ1n) is 9.03. The number of nitrogens with zero attached hydrogens (tertiary/aromatic N) is 2. The molecule has 2 aromatic rings. The van der Waals surface area contributed by atoms with Crippen molar-refractivity contribution < 1.29 is 22.7 Å². The van der Waals surface area contributed by atoms with Crippen LogP contribution in [0.5, 0.6) is 11.9 Å². The number of amides is 1. The van der Waals surface area contributed by atoms with E-state index in [4.69, 9.17) is 9.47 Å². The van der Waals surface area contributed by atoms with E-state index >= 15 is 0 Å². The zero-order valence-electron chi connectivity index (χ0n) is 16.4. The van der Waals surface area contributed by atoms with Gasteiger partial charge in [0.05, 0.1) is 36.0 Å². The van der Waals surface area contributed by atoms with E-state index in [2.05, 4.69) is 15.3 Å². The van der Waals surface area contributed by atoms with Crippen LogP contribution in [0.1, 0.15) is 33.3 Å². The lowest BCUT2D eigenvalue weighted by Gasteiger charge is -2.12. The summed E-state index contributed by atoms with van der Waals surface area (Å²) in [5.74, 6) is -0.0687. The van der Waals surface area contributed by atoms with Gasteiger partial charge in [-0.05, 0) is 45.4 Å². The van der Waals surface area contributed by atoms with E-state index < -0.39 is 15.1 Å². The van der Waals surface area contributed by atoms with E-state index in [9.17, 15) is 13.2 Å². The normalized spacial score (nSPS) is 11.3. The van der Waals surface area contributed by atoms with Crippen molar-refractivity contribution in [2.24, 2.45) is 0 Å². The number of ether oxygens (including phenoxy) is 2. The van der Waals surface area contributed by atoms with Gasteiger partial charge in [-0.25, -0.2) is 13.4 Å². The Morgan fingerprint density at radius 3 is 2.32 bits per heavy atom. The number of nitrogens with one attached hydrogen (secondary N) is 1. The first kappa shape index (κ1) is 21.6. The van der Waals surface area contributed by atoms with Crippen LogP contribution in [0.15, 0.2) is 35.4 Å². The van der Waals surface area contributed by atoms with Gasteiger partial charge in [-0.3, -0.25) is 4.79 Å². The third-order valence-corrected chi connectivity index (χ3v) is 5.97. The molecule has 0 spiro atoms. The van der Waals surface area contributed by atoms with Crippen LogP contribution < -0.4 is 14.8 Å². The summed E-state index contributed by atoms with van der Waals surface area (Å²) in [4.78, 5) is 20.8. The van der Waals surface area contributed by atoms with Gasteiger partial charge in [0.2, 0.25) is 11.8 Å². The number of carbonyl (C=O) groups excluding carboxylic acids is 1. The molecule has 0 fully saturated rings. The van der Waals surface area contributed by atoms with E-state index in [1.165, 1.54) is 18.3 Å². The summed E-state index contributed by atoms with van der Waals surface area (Å²) in [6.45, 7) is 7.67. The van der Waals surface area contributed by atoms with Crippen molar-refractivity contribution in [3.63, 3.8) is 0 Å². The van der Waals surface area contributed by atoms with Crippen molar-refractivity contribution in [2.75, 3.05) is 18.5 Å². The standard InChI is InChI=1S/C19H25N3O5S/c1-5-26-18-16(12-20-19(22-18)27-6-2)21-17(23)11-14-7-9-15(10-8-14)28(24,25)13(3)4/h7-10,12-13H,5-6,11H2,1-4H3,(H,21,23). The van der Waals surface area contributed by atoms with Crippen LogP contribution in [0.25, 0.3) is 0 Å². The third kappa shape index (κ3) is 5.41. The molecule has 0 aliphatic heterocycles. The highest BCUT2D eigenvalue weighted by atomic mass is 32.2. The number of anilines is 1. The van der Waals surface area contributed by atoms with Crippen molar-refractivity contribution in [3.05, 3.63) is 36.0 Å². The van der Waals surface area contributed by atoms with E-state index in [1.54, 1.807) is 32.9 Å². The largest absolute Gasteiger partial charge is 0.476 e. The Hall–Kier alpha value is -2.68. The maximum atomic E-state index is 12.4. The predicted molar refractivity (Wildman–Crippen MR) is 105 cm³/mol. The van der Waals surface area contributed by atoms with Crippen molar-refractivity contribution in [1.29, 1.82) is 0 Å². The van der Waals surface area contributed by atoms with Gasteiger partial charge in [-0.15, -0.1) is 0 Å². The molecule has 0 atom stereocenters. The smallest absolute Gasteiger partial charge is 0.319 e. The SMILES string of the molecule is CCOc1ncc(NC(=O)Cc2ccc(S(=O)(=O)C(C)C)cc2)c(OCC)n1. The van der Waals surface area contributed by atoms with E-state index in [0.29, 0.717) is 24.5 Å². The Morgan fingerprint density at radius 1 is 1.11 bits per heavy atom. The molecule has 9 heteroatoms. The molecule has 0 bridgehead atoms. The zero-order chi connectivity index (χ0) is 20.7. The van der Waals surface area contributed by atoms with Crippen LogP contribution in [-0.4, -0.2) is 42.8 Å². The lowest BCUT2D eigenvalue weighted by Crippen LogP contribution is -2.17. The second-order valence-electron chi connectivity index (χ2n) is 6.20. The molecule has 0 saturated heterocycles. The van der Waals surface area contributed by atoms with Gasteiger partial charge in [0, 0.05) is 0 Å². The van der Waals surface area contributed by atoms with Gasteiger partial charge in [0.25, 0.3) is 0 Å². The number of aromatic nitrogens is 2. The molecule has 152 valence electrons. The minimum Gasteiger partial charge on any atom is -0.476 e. The molecule has 1 amide bonds. The summed E-state index contributed by atoms with van der Waals surface area (Å²) < 4.78 is 35.0. The minimum absolute atomic E-state index is 0.0702. The van der Waals surface area contributed by atoms with Crippen LogP contribution in [0.4, 0.5) is 5.69 Å². The van der Waals surface area contributed by atoms with E-state index in [0.717, 1.165) is 0 Å². The fourth-order valence-corrected chi connectivity index (χ4v) is 3.39. The molecule has 0 aliphatic rings. The molecule has 1 aromatic heterocycles. The van der Waals surface area contributed by atoms with Crippen LogP contribution in [-0.2, 0) is 21.1 Å². The summed E-state index contributed by atoms with van der Waals surface area (Å²) in [5.41, 5.74) is 1.03. The van der Waals surface area contributed by atoms with Gasteiger partial charge < -0.3 is 14.8 Å². The van der Waals surface area contributed by atoms with Crippen LogP contribution in [0.3, 0.4) is 0 Å². The molecular weight excluding hydrogens is 382 g/mol. The zero-order valence-corrected chi connectivity index (χ0v) is 17.2. The number of sulfone groups is 1. The summed E-state index contributed by atoms with van der Waals surface area (Å²) in [5, 5.41) is 2.21. The summed E-state index contributed by atoms with van der Waals surface area (Å²) >= 11 is 0. The fourth-order valence-electron chi connectivity index (χ4n) is 2.33. The van der Waals surface area contributed by atoms with Gasteiger partial charge in [-0.2, -0.15) is 4.98 Å². The molecular formula is C19H25N3O5S. The molecule has 28 heavy (non-hydrogen) atoms. The first-order valence-corrected chi connectivity index (χ1v) is 10.6. The maximum Gasteiger partial charge on any atom is 0.319 e. The predicted octanol–water partition coefficient (Wildman–Crippen LogP) is 2.64. The minimum atomic E-state index is -3.34. The average Bonchev–Trinajstić information content (AvgIpc) is 2.64. The molecule has 1 aromatic carbocycles. The number of rotatable bonds is 9. The number of hydrogen-bond acceptors (Lipinski definition) is 7. The highest BCUT2D eigenvalue weighted by Gasteiger charge is 2.19. The summed E-state index contributed by atoms with van der Waals surface area (Å²) in [6, 6.07) is 6.47. The Labute approximate surface area is 165 Å². The Bertz CT molecular complexity index is 912. The molecule has 1 N–H and O–H groups in total. The summed E-state index contributed by atoms with van der Waals surface area (Å²) in [7, 11) is -3.34. The quantitative estimate of drug-likeness (QED) is 0.681. The average molecular weight is 407 g/mol. The Kier molecular flexibility index (Phi) is 7.33. The first-order chi connectivity index (χ1) is 13.3. The van der Waals surface area contributed by atoms with Crippen molar-refractivity contribution in [2.45, 2.75) is 44.3 Å². The molecule has 8 nitrogen and oxygen atoms in total. The van der Waals surface area contributed by atoms with Crippen molar-refractivity contribution >= 4 is 21.4 Å². The molecule has 0 unspecified atom stereocenters. The Balaban J connectivity index is 2.10. The second-order valence-corrected chi connectivity index (χ2v) is 8.70. The Morgan fingerprint density at radius 2 is 1.75 bits per heavy atom. The van der Waals surface area contributed by atoms with Gasteiger partial charge in [0.15, 0.2) is 9.84 Å². The lowest BCUT2D eigenvalue weighted by molar-refractivity contribution is -0.115. The van der Waals surface area contributed by atoms with E-state index in [1.807, 2.05) is 6.92 Å². The fraction of sp³-hybridized carbons (Fsp3) is 0.421. The maximum absolute atomic E-state index is 12.4. The molecule has 1 heterocycles. The van der Waals surface area contributed by atoms with E-state index in [-0.39, 0.29) is 29.1 Å². The summed E-state index contributed by atoms with van der Waals surface area (Å²) in [6.07, 6.45) is 1.50. The number of hydrogen-bond donors (Lipinski definition) is 1. The van der Waals surface area contributed by atoms with Crippen molar-refractivity contribution in [3.8, 4) is 11.9 Å². The number of benzene rings is 1. The molecule has 0 saturated carbocycles. The topological polar surface area (TPSA) is 107 Å². The van der Waals surface area contributed by atoms with Crippen molar-refractivity contribution in [1.82, 2.24) is 9.97 Å². The van der Waals surface area contributed by atoms with Gasteiger partial charge in [-0.1, -0.05) is 12.1 Å². The van der Waals surface area contributed by atoms with Crippen LogP contribution in [0.2, 0.25) is 0 Å². The molecule has 0 aliphatic carbocycles. The second kappa shape index (κ2) is 9.50. The monoisotopic (exact) mass is 407 g/mol. The lowest BCUT2D eigenvalue weighted by atomic mass is 10.1. The highest BCUT2D eigenvalue weighted by Crippen LogP contribution is 2.23.